The van der Waals surface area contributed by atoms with E-state index in [-0.39, 0.29) is 41.4 Å². The van der Waals surface area contributed by atoms with E-state index in [1.165, 1.54) is 9.13 Å². The van der Waals surface area contributed by atoms with Gasteiger partial charge < -0.3 is 25.6 Å². The number of amides is 1. The predicted molar refractivity (Wildman–Crippen MR) is 142 cm³/mol. The number of rotatable bonds is 9. The molecule has 1 amide bonds. The smallest absolute Gasteiger partial charge is 0.333 e. The summed E-state index contributed by atoms with van der Waals surface area (Å²) in [5.74, 6) is -0.448. The lowest BCUT2D eigenvalue weighted by Crippen LogP contribution is -2.40. The third-order valence-electron chi connectivity index (χ3n) is 7.48. The number of aliphatic hydroxyl groups is 2. The van der Waals surface area contributed by atoms with Crippen molar-refractivity contribution in [3.8, 4) is 5.69 Å². The quantitative estimate of drug-likeness (QED) is 0.290. The van der Waals surface area contributed by atoms with Crippen molar-refractivity contribution >= 4 is 17.5 Å². The molecule has 2 atom stereocenters. The van der Waals surface area contributed by atoms with E-state index in [4.69, 9.17) is 16.3 Å². The average molecular weight is 535 g/mol. The topological polar surface area (TPSA) is 118 Å². The number of aliphatic hydroxyl groups excluding tert-OH is 2. The number of carbonyl (C=O) groups is 1. The van der Waals surface area contributed by atoms with Crippen LogP contribution in [0.4, 0.5) is 0 Å². The van der Waals surface area contributed by atoms with E-state index in [2.05, 4.69) is 10.6 Å². The molecule has 9 nitrogen and oxygen atoms in total. The van der Waals surface area contributed by atoms with Gasteiger partial charge in [-0.2, -0.15) is 0 Å². The minimum atomic E-state index is -0.940. The molecule has 2 heterocycles. The standard InChI is InChI=1S/C27H39ClN4O5/c1-18-15-32(27(36)31(18)16-21(33)17-37-22-10-12-29-13-11-22)20-8-9-24(28)23(14-20)26(35)30-25(34)19-6-4-2-3-5-7-19/h8-9,14-15,19,21-22,25,29,33-34H,2-7,10-13,16-17H2,1H3,(H,30,35). The van der Waals surface area contributed by atoms with Gasteiger partial charge in [0.25, 0.3) is 5.91 Å². The highest BCUT2D eigenvalue weighted by atomic mass is 35.5. The zero-order chi connectivity index (χ0) is 26.4. The highest BCUT2D eigenvalue weighted by Crippen LogP contribution is 2.26. The summed E-state index contributed by atoms with van der Waals surface area (Å²) in [6.45, 7) is 3.88. The lowest BCUT2D eigenvalue weighted by molar-refractivity contribution is -0.0260. The summed E-state index contributed by atoms with van der Waals surface area (Å²) in [5, 5.41) is 27.4. The molecule has 1 aromatic heterocycles. The van der Waals surface area contributed by atoms with Crippen molar-refractivity contribution in [2.75, 3.05) is 19.7 Å². The van der Waals surface area contributed by atoms with Gasteiger partial charge in [0.05, 0.1) is 41.6 Å². The fourth-order valence-corrected chi connectivity index (χ4v) is 5.47. The maximum atomic E-state index is 13.2. The van der Waals surface area contributed by atoms with E-state index in [9.17, 15) is 19.8 Å². The van der Waals surface area contributed by atoms with Gasteiger partial charge in [-0.1, -0.05) is 37.3 Å². The number of hydrogen-bond acceptors (Lipinski definition) is 6. The molecule has 1 aliphatic carbocycles. The van der Waals surface area contributed by atoms with Crippen LogP contribution in [0.5, 0.6) is 0 Å². The number of aryl methyl sites for hydroxylation is 1. The van der Waals surface area contributed by atoms with E-state index in [1.54, 1.807) is 31.3 Å². The van der Waals surface area contributed by atoms with E-state index in [0.29, 0.717) is 11.4 Å². The van der Waals surface area contributed by atoms with Crippen molar-refractivity contribution in [1.29, 1.82) is 0 Å². The van der Waals surface area contributed by atoms with Crippen LogP contribution >= 0.6 is 11.6 Å². The Morgan fingerprint density at radius 1 is 1.16 bits per heavy atom. The van der Waals surface area contributed by atoms with Crippen molar-refractivity contribution in [3.05, 3.63) is 51.2 Å². The fourth-order valence-electron chi connectivity index (χ4n) is 5.27. The average Bonchev–Trinajstić information content (AvgIpc) is 3.07. The van der Waals surface area contributed by atoms with Crippen LogP contribution < -0.4 is 16.3 Å². The first kappa shape index (κ1) is 27.9. The number of ether oxygens (including phenoxy) is 1. The van der Waals surface area contributed by atoms with Crippen molar-refractivity contribution in [2.24, 2.45) is 5.92 Å². The maximum Gasteiger partial charge on any atom is 0.333 e. The second-order valence-corrected chi connectivity index (χ2v) is 10.7. The molecule has 37 heavy (non-hydrogen) atoms. The van der Waals surface area contributed by atoms with Gasteiger partial charge in [0.1, 0.15) is 6.23 Å². The van der Waals surface area contributed by atoms with E-state index >= 15 is 0 Å². The van der Waals surface area contributed by atoms with E-state index in [0.717, 1.165) is 64.5 Å². The Bertz CT molecular complexity index is 1100. The minimum Gasteiger partial charge on any atom is -0.389 e. The van der Waals surface area contributed by atoms with Gasteiger partial charge in [-0.3, -0.25) is 13.9 Å². The normalized spacial score (nSPS) is 19.4. The van der Waals surface area contributed by atoms with Crippen molar-refractivity contribution in [3.63, 3.8) is 0 Å². The summed E-state index contributed by atoms with van der Waals surface area (Å²) >= 11 is 6.33. The fraction of sp³-hybridized carbons (Fsp3) is 0.630. The molecule has 204 valence electrons. The number of aromatic nitrogens is 2. The summed E-state index contributed by atoms with van der Waals surface area (Å²) in [5.41, 5.74) is 1.02. The van der Waals surface area contributed by atoms with Crippen LogP contribution in [-0.2, 0) is 11.3 Å². The van der Waals surface area contributed by atoms with Crippen LogP contribution in [0.25, 0.3) is 5.69 Å². The largest absolute Gasteiger partial charge is 0.389 e. The molecule has 0 radical (unpaired) electrons. The van der Waals surface area contributed by atoms with Crippen LogP contribution in [0.1, 0.15) is 67.4 Å². The Morgan fingerprint density at radius 3 is 2.57 bits per heavy atom. The molecule has 2 unspecified atom stereocenters. The van der Waals surface area contributed by atoms with Gasteiger partial charge in [-0.05, 0) is 63.9 Å². The number of benzene rings is 1. The number of halogens is 1. The first-order valence-electron chi connectivity index (χ1n) is 13.4. The molecular weight excluding hydrogens is 496 g/mol. The van der Waals surface area contributed by atoms with Crippen LogP contribution in [0.2, 0.25) is 5.02 Å². The molecule has 2 aliphatic rings. The molecule has 1 saturated carbocycles. The third kappa shape index (κ3) is 7.23. The Labute approximate surface area is 222 Å². The first-order chi connectivity index (χ1) is 17.8. The van der Waals surface area contributed by atoms with E-state index in [1.807, 2.05) is 0 Å². The van der Waals surface area contributed by atoms with Crippen LogP contribution in [0, 0.1) is 12.8 Å². The SMILES string of the molecule is Cc1cn(-c2ccc(Cl)c(C(=O)NC(O)C3CCCCCC3)c2)c(=O)n1CC(O)COC1CCNCC1. The van der Waals surface area contributed by atoms with Crippen LogP contribution in [-0.4, -0.2) is 63.4 Å². The molecule has 1 saturated heterocycles. The molecule has 1 aliphatic heterocycles. The van der Waals surface area contributed by atoms with Gasteiger partial charge in [0.15, 0.2) is 0 Å². The lowest BCUT2D eigenvalue weighted by atomic mass is 9.98. The Morgan fingerprint density at radius 2 is 1.86 bits per heavy atom. The number of nitrogens with zero attached hydrogens (tertiary/aromatic N) is 2. The van der Waals surface area contributed by atoms with Gasteiger partial charge in [0, 0.05) is 17.8 Å². The minimum absolute atomic E-state index is 0.0258. The zero-order valence-electron chi connectivity index (χ0n) is 21.5. The predicted octanol–water partition coefficient (Wildman–Crippen LogP) is 2.75. The van der Waals surface area contributed by atoms with E-state index < -0.39 is 18.2 Å². The number of carbonyl (C=O) groups excluding carboxylic acids is 1. The molecule has 0 spiro atoms. The Kier molecular flexibility index (Phi) is 9.83. The van der Waals surface area contributed by atoms with Crippen LogP contribution in [0.3, 0.4) is 0 Å². The molecular formula is C27H39ClN4O5. The summed E-state index contributed by atoms with van der Waals surface area (Å²) in [6, 6.07) is 4.80. The monoisotopic (exact) mass is 534 g/mol. The molecule has 2 fully saturated rings. The first-order valence-corrected chi connectivity index (χ1v) is 13.8. The second kappa shape index (κ2) is 13.1. The van der Waals surface area contributed by atoms with Gasteiger partial charge >= 0.3 is 5.69 Å². The van der Waals surface area contributed by atoms with Crippen molar-refractivity contribution < 1.29 is 19.7 Å². The van der Waals surface area contributed by atoms with Gasteiger partial charge in [-0.15, -0.1) is 0 Å². The molecule has 10 heteroatoms. The van der Waals surface area contributed by atoms with Crippen molar-refractivity contribution in [2.45, 2.75) is 83.3 Å². The Balaban J connectivity index is 1.44. The number of piperidine rings is 1. The van der Waals surface area contributed by atoms with Crippen LogP contribution in [0.15, 0.2) is 29.2 Å². The molecule has 0 bridgehead atoms. The lowest BCUT2D eigenvalue weighted by Gasteiger charge is -2.24. The molecule has 2 aromatic rings. The molecule has 4 N–H and O–H groups in total. The second-order valence-electron chi connectivity index (χ2n) is 10.3. The van der Waals surface area contributed by atoms with Crippen molar-refractivity contribution in [1.82, 2.24) is 19.8 Å². The van der Waals surface area contributed by atoms with Gasteiger partial charge in [-0.25, -0.2) is 4.79 Å². The molecule has 4 rings (SSSR count). The maximum absolute atomic E-state index is 13.2. The number of imidazole rings is 1. The summed E-state index contributed by atoms with van der Waals surface area (Å²) in [4.78, 5) is 26.2. The highest BCUT2D eigenvalue weighted by molar-refractivity contribution is 6.33. The summed E-state index contributed by atoms with van der Waals surface area (Å²) in [7, 11) is 0. The highest BCUT2D eigenvalue weighted by Gasteiger charge is 2.24. The molecule has 1 aromatic carbocycles. The number of nitrogens with one attached hydrogen (secondary N) is 2. The summed E-state index contributed by atoms with van der Waals surface area (Å²) in [6.07, 6.45) is 8.02. The zero-order valence-corrected chi connectivity index (χ0v) is 22.3. The third-order valence-corrected chi connectivity index (χ3v) is 7.81. The summed E-state index contributed by atoms with van der Waals surface area (Å²) < 4.78 is 8.77. The van der Waals surface area contributed by atoms with Gasteiger partial charge in [0.2, 0.25) is 0 Å². The number of hydrogen-bond donors (Lipinski definition) is 4. The Hall–Kier alpha value is -2.17.